The van der Waals surface area contributed by atoms with Crippen molar-refractivity contribution in [2.24, 2.45) is 0 Å². The third-order valence-electron chi connectivity index (χ3n) is 4.50. The number of nitrogens with one attached hydrogen (secondary N) is 1. The van der Waals surface area contributed by atoms with Crippen LogP contribution in [-0.2, 0) is 16.6 Å². The van der Waals surface area contributed by atoms with Gasteiger partial charge in [-0.15, -0.1) is 0 Å². The number of hydrogen-bond acceptors (Lipinski definition) is 5. The summed E-state index contributed by atoms with van der Waals surface area (Å²) in [5.74, 6) is -0.453. The van der Waals surface area contributed by atoms with Gasteiger partial charge in [0.1, 0.15) is 0 Å². The van der Waals surface area contributed by atoms with Crippen molar-refractivity contribution >= 4 is 12.0 Å². The maximum atomic E-state index is 11.9. The third-order valence-corrected chi connectivity index (χ3v) is 4.50. The fourth-order valence-corrected chi connectivity index (χ4v) is 3.25. The number of nitrogens with zero attached hydrogens (tertiary/aromatic N) is 3. The van der Waals surface area contributed by atoms with Gasteiger partial charge in [-0.2, -0.15) is 5.10 Å². The summed E-state index contributed by atoms with van der Waals surface area (Å²) < 4.78 is 4.80. The van der Waals surface area contributed by atoms with E-state index in [-0.39, 0.29) is 0 Å². The molecule has 0 amide bonds. The van der Waals surface area contributed by atoms with Gasteiger partial charge in [0.25, 0.3) is 0 Å². The number of aromatic nitrogens is 4. The van der Waals surface area contributed by atoms with E-state index in [1.807, 2.05) is 48.6 Å². The molecule has 6 nitrogen and oxygen atoms in total. The van der Waals surface area contributed by atoms with E-state index in [4.69, 9.17) is 4.74 Å². The standard InChI is InChI=1S/C19H16N4O2/c1-25-18(24)17-13-8-9-19(12-14(13)22-23-17,15-6-2-4-10-20-15)16-7-3-5-11-21-16/h2-11H,12H2,1H3,(H,22,23). The Morgan fingerprint density at radius 1 is 1.12 bits per heavy atom. The van der Waals surface area contributed by atoms with Crippen molar-refractivity contribution in [2.45, 2.75) is 11.8 Å². The number of ether oxygens (including phenoxy) is 1. The number of fused-ring (bicyclic) bond motifs is 1. The van der Waals surface area contributed by atoms with Crippen LogP contribution in [0.1, 0.15) is 33.1 Å². The van der Waals surface area contributed by atoms with Crippen LogP contribution in [0.3, 0.4) is 0 Å². The van der Waals surface area contributed by atoms with E-state index in [2.05, 4.69) is 20.2 Å². The van der Waals surface area contributed by atoms with Crippen LogP contribution in [0.2, 0.25) is 0 Å². The number of pyridine rings is 2. The predicted molar refractivity (Wildman–Crippen MR) is 91.9 cm³/mol. The maximum absolute atomic E-state index is 11.9. The Morgan fingerprint density at radius 3 is 2.36 bits per heavy atom. The Bertz CT molecular complexity index is 893. The maximum Gasteiger partial charge on any atom is 0.359 e. The third kappa shape index (κ3) is 2.42. The fourth-order valence-electron chi connectivity index (χ4n) is 3.25. The molecule has 0 atom stereocenters. The Balaban J connectivity index is 1.87. The van der Waals surface area contributed by atoms with Gasteiger partial charge in [0.05, 0.1) is 23.9 Å². The molecular formula is C19H16N4O2. The molecule has 1 N–H and O–H groups in total. The second-order valence-corrected chi connectivity index (χ2v) is 5.87. The summed E-state index contributed by atoms with van der Waals surface area (Å²) >= 11 is 0. The summed E-state index contributed by atoms with van der Waals surface area (Å²) in [6.07, 6.45) is 8.07. The first-order valence-electron chi connectivity index (χ1n) is 7.92. The number of methoxy groups -OCH3 is 1. The average Bonchev–Trinajstić information content (AvgIpc) is 3.11. The fraction of sp³-hybridized carbons (Fsp3) is 0.158. The van der Waals surface area contributed by atoms with Gasteiger partial charge in [-0.05, 0) is 24.3 Å². The molecule has 6 heteroatoms. The summed E-state index contributed by atoms with van der Waals surface area (Å²) in [4.78, 5) is 21.0. The zero-order chi connectivity index (χ0) is 17.3. The lowest BCUT2D eigenvalue weighted by atomic mass is 9.72. The monoisotopic (exact) mass is 332 g/mol. The summed E-state index contributed by atoms with van der Waals surface area (Å²) in [7, 11) is 1.35. The number of esters is 1. The second kappa shape index (κ2) is 5.98. The van der Waals surface area contributed by atoms with Crippen LogP contribution < -0.4 is 0 Å². The molecular weight excluding hydrogens is 316 g/mol. The first-order valence-corrected chi connectivity index (χ1v) is 7.92. The molecule has 1 aliphatic rings. The van der Waals surface area contributed by atoms with Crippen LogP contribution in [0.4, 0.5) is 0 Å². The van der Waals surface area contributed by atoms with E-state index in [9.17, 15) is 4.79 Å². The van der Waals surface area contributed by atoms with Crippen LogP contribution in [0.25, 0.3) is 6.08 Å². The first-order chi connectivity index (χ1) is 12.2. The molecule has 0 fully saturated rings. The van der Waals surface area contributed by atoms with Gasteiger partial charge in [0.15, 0.2) is 5.69 Å². The molecule has 0 saturated heterocycles. The van der Waals surface area contributed by atoms with Crippen molar-refractivity contribution < 1.29 is 9.53 Å². The summed E-state index contributed by atoms with van der Waals surface area (Å²) in [6.45, 7) is 0. The Labute approximate surface area is 144 Å². The Kier molecular flexibility index (Phi) is 3.65. The molecule has 1 aliphatic carbocycles. The molecule has 0 unspecified atom stereocenters. The van der Waals surface area contributed by atoms with Crippen LogP contribution in [0.5, 0.6) is 0 Å². The molecule has 0 aromatic carbocycles. The van der Waals surface area contributed by atoms with Crippen LogP contribution in [0.15, 0.2) is 54.9 Å². The number of aromatic amines is 1. The van der Waals surface area contributed by atoms with E-state index >= 15 is 0 Å². The zero-order valence-electron chi connectivity index (χ0n) is 13.6. The van der Waals surface area contributed by atoms with Crippen molar-refractivity contribution in [3.8, 4) is 0 Å². The normalized spacial score (nSPS) is 14.8. The lowest BCUT2D eigenvalue weighted by molar-refractivity contribution is 0.0593. The van der Waals surface area contributed by atoms with Gasteiger partial charge in [-0.25, -0.2) is 4.79 Å². The van der Waals surface area contributed by atoms with Gasteiger partial charge < -0.3 is 4.74 Å². The molecule has 0 aliphatic heterocycles. The van der Waals surface area contributed by atoms with E-state index in [0.29, 0.717) is 12.1 Å². The molecule has 3 aromatic heterocycles. The molecule has 25 heavy (non-hydrogen) atoms. The highest BCUT2D eigenvalue weighted by molar-refractivity contribution is 5.92. The number of allylic oxidation sites excluding steroid dienone is 1. The smallest absolute Gasteiger partial charge is 0.359 e. The number of carbonyl (C=O) groups excluding carboxylic acids is 1. The number of hydrogen-bond donors (Lipinski definition) is 1. The Morgan fingerprint density at radius 2 is 1.80 bits per heavy atom. The van der Waals surface area contributed by atoms with Crippen molar-refractivity contribution in [2.75, 3.05) is 7.11 Å². The molecule has 0 spiro atoms. The minimum absolute atomic E-state index is 0.296. The minimum atomic E-state index is -0.518. The predicted octanol–water partition coefficient (Wildman–Crippen LogP) is 2.54. The van der Waals surface area contributed by atoms with Gasteiger partial charge in [0.2, 0.25) is 0 Å². The van der Waals surface area contributed by atoms with Crippen molar-refractivity contribution in [3.05, 3.63) is 83.2 Å². The van der Waals surface area contributed by atoms with Gasteiger partial charge >= 0.3 is 5.97 Å². The lowest BCUT2D eigenvalue weighted by Crippen LogP contribution is -2.32. The molecule has 0 bridgehead atoms. The topological polar surface area (TPSA) is 80.8 Å². The van der Waals surface area contributed by atoms with Crippen molar-refractivity contribution in [1.29, 1.82) is 0 Å². The summed E-state index contributed by atoms with van der Waals surface area (Å²) in [5, 5.41) is 7.11. The molecule has 124 valence electrons. The molecule has 3 aromatic rings. The highest BCUT2D eigenvalue weighted by Gasteiger charge is 2.39. The lowest BCUT2D eigenvalue weighted by Gasteiger charge is -2.32. The first kappa shape index (κ1) is 15.3. The van der Waals surface area contributed by atoms with E-state index < -0.39 is 11.4 Å². The molecule has 4 rings (SSSR count). The number of rotatable bonds is 3. The quantitative estimate of drug-likeness (QED) is 0.746. The largest absolute Gasteiger partial charge is 0.464 e. The minimum Gasteiger partial charge on any atom is -0.464 e. The highest BCUT2D eigenvalue weighted by atomic mass is 16.5. The molecule has 3 heterocycles. The molecule has 0 radical (unpaired) electrons. The van der Waals surface area contributed by atoms with Gasteiger partial charge in [-0.3, -0.25) is 15.1 Å². The second-order valence-electron chi connectivity index (χ2n) is 5.87. The average molecular weight is 332 g/mol. The van der Waals surface area contributed by atoms with Crippen LogP contribution >= 0.6 is 0 Å². The Hall–Kier alpha value is -3.28. The summed E-state index contributed by atoms with van der Waals surface area (Å²) in [6, 6.07) is 11.7. The van der Waals surface area contributed by atoms with E-state index in [1.165, 1.54) is 7.11 Å². The molecule has 0 saturated carbocycles. The zero-order valence-corrected chi connectivity index (χ0v) is 13.6. The van der Waals surface area contributed by atoms with E-state index in [1.54, 1.807) is 12.4 Å². The van der Waals surface area contributed by atoms with Gasteiger partial charge in [-0.1, -0.05) is 24.3 Å². The SMILES string of the molecule is COC(=O)c1n[nH]c2c1C=CC(c1ccccn1)(c1ccccn1)C2. The summed E-state index contributed by atoms with van der Waals surface area (Å²) in [5.41, 5.74) is 3.18. The van der Waals surface area contributed by atoms with Crippen molar-refractivity contribution in [3.63, 3.8) is 0 Å². The van der Waals surface area contributed by atoms with Crippen molar-refractivity contribution in [1.82, 2.24) is 20.2 Å². The van der Waals surface area contributed by atoms with Crippen LogP contribution in [-0.4, -0.2) is 33.2 Å². The van der Waals surface area contributed by atoms with Gasteiger partial charge in [0, 0.05) is 30.1 Å². The van der Waals surface area contributed by atoms with Crippen LogP contribution in [0, 0.1) is 0 Å². The number of carbonyl (C=O) groups is 1. The number of H-pyrrole nitrogens is 1. The highest BCUT2D eigenvalue weighted by Crippen LogP contribution is 2.39. The van der Waals surface area contributed by atoms with E-state index in [0.717, 1.165) is 22.6 Å².